The van der Waals surface area contributed by atoms with Gasteiger partial charge in [-0.3, -0.25) is 0 Å². The first-order valence-electron chi connectivity index (χ1n) is 8.30. The first-order valence-corrected chi connectivity index (χ1v) is 8.30. The van der Waals surface area contributed by atoms with Crippen LogP contribution in [0, 0.1) is 5.82 Å². The topological polar surface area (TPSA) is 77.4 Å². The largest absolute Gasteiger partial charge is 0.454 e. The molecule has 138 valence electrons. The van der Waals surface area contributed by atoms with Crippen LogP contribution in [0.1, 0.15) is 17.4 Å². The third kappa shape index (κ3) is 3.55. The van der Waals surface area contributed by atoms with E-state index in [4.69, 9.17) is 9.47 Å². The van der Waals surface area contributed by atoms with Crippen LogP contribution in [0.25, 0.3) is 0 Å². The van der Waals surface area contributed by atoms with Gasteiger partial charge in [-0.05, 0) is 29.8 Å². The quantitative estimate of drug-likeness (QED) is 0.741. The first-order chi connectivity index (χ1) is 13.1. The average molecular weight is 368 g/mol. The van der Waals surface area contributed by atoms with Crippen LogP contribution in [0.15, 0.2) is 54.9 Å². The zero-order chi connectivity index (χ0) is 18.8. The molecular weight excluding hydrogens is 351 g/mol. The molecule has 27 heavy (non-hydrogen) atoms. The maximum absolute atomic E-state index is 13.7. The van der Waals surface area contributed by atoms with Crippen molar-refractivity contribution in [1.29, 1.82) is 0 Å². The Kier molecular flexibility index (Phi) is 4.37. The number of ether oxygens (including phenoxy) is 2. The highest BCUT2D eigenvalue weighted by Crippen LogP contribution is 2.34. The molecule has 2 heterocycles. The van der Waals surface area contributed by atoms with Gasteiger partial charge in [0.1, 0.15) is 17.7 Å². The Bertz CT molecular complexity index is 989. The fourth-order valence-electron chi connectivity index (χ4n) is 2.91. The van der Waals surface area contributed by atoms with E-state index < -0.39 is 12.1 Å². The number of benzene rings is 2. The molecule has 2 N–H and O–H groups in total. The van der Waals surface area contributed by atoms with E-state index in [9.17, 15) is 9.18 Å². The lowest BCUT2D eigenvalue weighted by Crippen LogP contribution is -2.34. The number of rotatable bonds is 4. The molecule has 1 aromatic heterocycles. The summed E-state index contributed by atoms with van der Waals surface area (Å²) >= 11 is 0. The number of halogens is 1. The van der Waals surface area contributed by atoms with Gasteiger partial charge in [-0.15, -0.1) is 0 Å². The normalized spacial score (nSPS) is 13.3. The maximum Gasteiger partial charge on any atom is 0.320 e. The molecule has 8 heteroatoms. The van der Waals surface area contributed by atoms with E-state index in [2.05, 4.69) is 15.6 Å². The molecule has 1 atom stereocenters. The number of aryl methyl sites for hydroxylation is 1. The number of imidazole rings is 1. The van der Waals surface area contributed by atoms with Crippen molar-refractivity contribution in [3.8, 4) is 11.5 Å². The second-order valence-corrected chi connectivity index (χ2v) is 6.05. The van der Waals surface area contributed by atoms with Gasteiger partial charge < -0.3 is 24.7 Å². The molecule has 0 fully saturated rings. The summed E-state index contributed by atoms with van der Waals surface area (Å²) in [6, 6.07) is 10.1. The van der Waals surface area contributed by atoms with Gasteiger partial charge in [0.15, 0.2) is 11.5 Å². The maximum atomic E-state index is 13.7. The Morgan fingerprint density at radius 3 is 2.85 bits per heavy atom. The molecule has 0 saturated carbocycles. The van der Waals surface area contributed by atoms with Crippen molar-refractivity contribution in [1.82, 2.24) is 14.9 Å². The Morgan fingerprint density at radius 1 is 1.22 bits per heavy atom. The summed E-state index contributed by atoms with van der Waals surface area (Å²) in [4.78, 5) is 16.9. The molecule has 7 nitrogen and oxygen atoms in total. The highest BCUT2D eigenvalue weighted by molar-refractivity contribution is 5.90. The van der Waals surface area contributed by atoms with Gasteiger partial charge in [0.05, 0.1) is 0 Å². The fraction of sp³-hybridized carbons (Fsp3) is 0.158. The molecule has 0 radical (unpaired) electrons. The molecule has 0 saturated heterocycles. The third-order valence-electron chi connectivity index (χ3n) is 4.20. The molecule has 0 bridgehead atoms. The molecule has 1 aliphatic heterocycles. The number of aromatic nitrogens is 2. The van der Waals surface area contributed by atoms with Gasteiger partial charge >= 0.3 is 6.03 Å². The van der Waals surface area contributed by atoms with Crippen molar-refractivity contribution in [2.24, 2.45) is 7.05 Å². The number of nitrogens with one attached hydrogen (secondary N) is 2. The highest BCUT2D eigenvalue weighted by atomic mass is 19.1. The highest BCUT2D eigenvalue weighted by Gasteiger charge is 2.22. The summed E-state index contributed by atoms with van der Waals surface area (Å²) in [5.74, 6) is 1.40. The van der Waals surface area contributed by atoms with Gasteiger partial charge in [0.2, 0.25) is 6.79 Å². The van der Waals surface area contributed by atoms with Crippen molar-refractivity contribution in [2.45, 2.75) is 6.04 Å². The summed E-state index contributed by atoms with van der Waals surface area (Å²) in [7, 11) is 1.81. The lowest BCUT2D eigenvalue weighted by atomic mass is 10.1. The molecule has 1 aliphatic rings. The Morgan fingerprint density at radius 2 is 2.07 bits per heavy atom. The number of amides is 2. The number of hydrogen-bond donors (Lipinski definition) is 2. The molecule has 1 unspecified atom stereocenters. The van der Waals surface area contributed by atoms with Crippen LogP contribution < -0.4 is 20.1 Å². The second-order valence-electron chi connectivity index (χ2n) is 6.05. The first kappa shape index (κ1) is 16.9. The summed E-state index contributed by atoms with van der Waals surface area (Å²) in [5.41, 5.74) is 1.14. The third-order valence-corrected chi connectivity index (χ3v) is 4.20. The Hall–Kier alpha value is -3.55. The fourth-order valence-corrected chi connectivity index (χ4v) is 2.91. The predicted molar refractivity (Wildman–Crippen MR) is 96.2 cm³/mol. The van der Waals surface area contributed by atoms with Gasteiger partial charge in [0, 0.05) is 31.2 Å². The Labute approximate surface area is 154 Å². The van der Waals surface area contributed by atoms with Crippen molar-refractivity contribution < 1.29 is 18.7 Å². The van der Waals surface area contributed by atoms with Crippen LogP contribution >= 0.6 is 0 Å². The monoisotopic (exact) mass is 368 g/mol. The van der Waals surface area contributed by atoms with E-state index in [0.29, 0.717) is 28.6 Å². The van der Waals surface area contributed by atoms with Gasteiger partial charge in [-0.2, -0.15) is 0 Å². The number of anilines is 1. The minimum atomic E-state index is -0.616. The molecule has 0 aliphatic carbocycles. The van der Waals surface area contributed by atoms with E-state index in [1.165, 1.54) is 12.1 Å². The lowest BCUT2D eigenvalue weighted by Gasteiger charge is -2.19. The van der Waals surface area contributed by atoms with Crippen molar-refractivity contribution in [2.75, 3.05) is 12.1 Å². The van der Waals surface area contributed by atoms with E-state index in [0.717, 1.165) is 0 Å². The summed E-state index contributed by atoms with van der Waals surface area (Å²) in [6.07, 6.45) is 3.39. The summed E-state index contributed by atoms with van der Waals surface area (Å²) in [6.45, 7) is 0.159. The van der Waals surface area contributed by atoms with Gasteiger partial charge in [0.25, 0.3) is 0 Å². The lowest BCUT2D eigenvalue weighted by molar-refractivity contribution is 0.174. The number of urea groups is 1. The van der Waals surface area contributed by atoms with Crippen LogP contribution in [0.5, 0.6) is 11.5 Å². The SMILES string of the molecule is Cn1ccnc1C(NC(=O)Nc1ccc2c(c1)OCO2)c1cccc(F)c1. The summed E-state index contributed by atoms with van der Waals surface area (Å²) in [5, 5.41) is 5.60. The van der Waals surface area contributed by atoms with E-state index in [1.807, 2.05) is 7.05 Å². The predicted octanol–water partition coefficient (Wildman–Crippen LogP) is 3.20. The van der Waals surface area contributed by atoms with Crippen molar-refractivity contribution >= 4 is 11.7 Å². The van der Waals surface area contributed by atoms with Crippen LogP contribution in [0.3, 0.4) is 0 Å². The zero-order valence-corrected chi connectivity index (χ0v) is 14.5. The number of carbonyl (C=O) groups is 1. The molecule has 2 aromatic carbocycles. The van der Waals surface area contributed by atoms with Crippen LogP contribution in [-0.4, -0.2) is 22.4 Å². The number of nitrogens with zero attached hydrogens (tertiary/aromatic N) is 2. The molecule has 4 rings (SSSR count). The molecule has 2 amide bonds. The average Bonchev–Trinajstić information content (AvgIpc) is 3.28. The smallest absolute Gasteiger partial charge is 0.320 e. The number of fused-ring (bicyclic) bond motifs is 1. The minimum absolute atomic E-state index is 0.159. The Balaban J connectivity index is 1.56. The molecule has 3 aromatic rings. The standard InChI is InChI=1S/C19H17FN4O3/c1-24-8-7-21-18(24)17(12-3-2-4-13(20)9-12)23-19(25)22-14-5-6-15-16(10-14)27-11-26-15/h2-10,17H,11H2,1H3,(H2,22,23,25). The van der Waals surface area contributed by atoms with Crippen LogP contribution in [0.2, 0.25) is 0 Å². The van der Waals surface area contributed by atoms with Gasteiger partial charge in [-0.1, -0.05) is 12.1 Å². The second kappa shape index (κ2) is 6.99. The van der Waals surface area contributed by atoms with Crippen LogP contribution in [-0.2, 0) is 7.05 Å². The van der Waals surface area contributed by atoms with E-state index >= 15 is 0 Å². The number of carbonyl (C=O) groups excluding carboxylic acids is 1. The van der Waals surface area contributed by atoms with E-state index in [-0.39, 0.29) is 12.6 Å². The zero-order valence-electron chi connectivity index (χ0n) is 14.5. The van der Waals surface area contributed by atoms with Gasteiger partial charge in [-0.25, -0.2) is 14.2 Å². The van der Waals surface area contributed by atoms with E-state index in [1.54, 1.807) is 47.3 Å². The van der Waals surface area contributed by atoms with Crippen LogP contribution in [0.4, 0.5) is 14.9 Å². The molecule has 0 spiro atoms. The molecular formula is C19H17FN4O3. The minimum Gasteiger partial charge on any atom is -0.454 e. The number of hydrogen-bond acceptors (Lipinski definition) is 4. The van der Waals surface area contributed by atoms with Crippen molar-refractivity contribution in [3.63, 3.8) is 0 Å². The summed E-state index contributed by atoms with van der Waals surface area (Å²) < 4.78 is 26.0. The van der Waals surface area contributed by atoms with Crippen molar-refractivity contribution in [3.05, 3.63) is 72.1 Å².